The van der Waals surface area contributed by atoms with Crippen molar-refractivity contribution in [1.29, 1.82) is 0 Å². The van der Waals surface area contributed by atoms with Crippen LogP contribution < -0.4 is 0 Å². The van der Waals surface area contributed by atoms with Gasteiger partial charge in [-0.25, -0.2) is 0 Å². The average Bonchev–Trinajstić information content (AvgIpc) is 2.77. The van der Waals surface area contributed by atoms with Crippen molar-refractivity contribution in [3.8, 4) is 22.4 Å². The fourth-order valence-electron chi connectivity index (χ4n) is 3.50. The molecule has 4 rings (SSSR count). The zero-order valence-corrected chi connectivity index (χ0v) is 13.2. The molecule has 1 aromatic heterocycles. The van der Waals surface area contributed by atoms with E-state index in [0.717, 1.165) is 5.69 Å². The van der Waals surface area contributed by atoms with Gasteiger partial charge in [-0.05, 0) is 46.9 Å². The maximum atomic E-state index is 4.57. The van der Waals surface area contributed by atoms with E-state index in [1.807, 2.05) is 6.20 Å². The lowest BCUT2D eigenvalue weighted by molar-refractivity contribution is 0.660. The zero-order valence-electron chi connectivity index (χ0n) is 13.2. The van der Waals surface area contributed by atoms with Gasteiger partial charge < -0.3 is 0 Å². The first-order valence-electron chi connectivity index (χ1n) is 7.75. The molecule has 1 aliphatic rings. The first kappa shape index (κ1) is 13.3. The Kier molecular flexibility index (Phi) is 2.74. The molecule has 0 unspecified atom stereocenters. The van der Waals surface area contributed by atoms with Gasteiger partial charge in [0, 0.05) is 17.2 Å². The first-order valence-corrected chi connectivity index (χ1v) is 7.75. The number of hydrogen-bond acceptors (Lipinski definition) is 1. The van der Waals surface area contributed by atoms with Crippen LogP contribution in [-0.4, -0.2) is 4.98 Å². The van der Waals surface area contributed by atoms with Gasteiger partial charge in [-0.1, -0.05) is 56.3 Å². The molecule has 0 aliphatic heterocycles. The van der Waals surface area contributed by atoms with E-state index in [0.29, 0.717) is 0 Å². The predicted octanol–water partition coefficient (Wildman–Crippen LogP) is 5.36. The van der Waals surface area contributed by atoms with Crippen LogP contribution in [0.5, 0.6) is 0 Å². The Morgan fingerprint density at radius 2 is 1.59 bits per heavy atom. The van der Waals surface area contributed by atoms with Gasteiger partial charge in [0.05, 0.1) is 5.69 Å². The molecule has 0 spiro atoms. The number of benzene rings is 2. The molecule has 0 fully saturated rings. The minimum Gasteiger partial charge on any atom is -0.256 e. The van der Waals surface area contributed by atoms with Crippen LogP contribution in [0.3, 0.4) is 0 Å². The van der Waals surface area contributed by atoms with Gasteiger partial charge in [0.2, 0.25) is 0 Å². The molecule has 1 aliphatic carbocycles. The lowest BCUT2D eigenvalue weighted by atomic mass is 9.82. The van der Waals surface area contributed by atoms with Gasteiger partial charge in [-0.15, -0.1) is 0 Å². The van der Waals surface area contributed by atoms with Crippen molar-refractivity contribution < 1.29 is 0 Å². The Morgan fingerprint density at radius 3 is 2.36 bits per heavy atom. The minimum atomic E-state index is 0.0482. The number of rotatable bonds is 1. The lowest BCUT2D eigenvalue weighted by Crippen LogP contribution is -2.14. The van der Waals surface area contributed by atoms with E-state index in [9.17, 15) is 0 Å². The van der Waals surface area contributed by atoms with Crippen LogP contribution in [0.1, 0.15) is 30.5 Å². The standard InChI is InChI=1S/C21H19N/c1-14-8-11-20(22-13-14)15-9-10-17-16-6-4-5-7-18(16)21(2,3)19(17)12-15/h4-13H,1-3H3. The maximum absolute atomic E-state index is 4.57. The van der Waals surface area contributed by atoms with E-state index in [2.05, 4.69) is 80.4 Å². The molecule has 0 saturated heterocycles. The number of nitrogens with zero attached hydrogens (tertiary/aromatic N) is 1. The van der Waals surface area contributed by atoms with Crippen molar-refractivity contribution in [3.63, 3.8) is 0 Å². The third kappa shape index (κ3) is 1.82. The summed E-state index contributed by atoms with van der Waals surface area (Å²) in [5, 5.41) is 0. The quantitative estimate of drug-likeness (QED) is 0.586. The zero-order chi connectivity index (χ0) is 15.3. The molecular formula is C21H19N. The number of fused-ring (bicyclic) bond motifs is 3. The summed E-state index contributed by atoms with van der Waals surface area (Å²) in [6.45, 7) is 6.69. The Morgan fingerprint density at radius 1 is 0.818 bits per heavy atom. The molecule has 1 nitrogen and oxygen atoms in total. The van der Waals surface area contributed by atoms with E-state index in [1.54, 1.807) is 0 Å². The number of aryl methyl sites for hydroxylation is 1. The summed E-state index contributed by atoms with van der Waals surface area (Å²) in [6, 6.07) is 19.7. The highest BCUT2D eigenvalue weighted by Crippen LogP contribution is 2.49. The molecule has 0 N–H and O–H groups in total. The number of aromatic nitrogens is 1. The summed E-state index contributed by atoms with van der Waals surface area (Å²) in [6.07, 6.45) is 1.93. The smallest absolute Gasteiger partial charge is 0.0702 e. The van der Waals surface area contributed by atoms with Crippen LogP contribution in [-0.2, 0) is 5.41 Å². The SMILES string of the molecule is Cc1ccc(-c2ccc3c(c2)C(C)(C)c2ccccc2-3)nc1. The van der Waals surface area contributed by atoms with Gasteiger partial charge >= 0.3 is 0 Å². The Labute approximate surface area is 131 Å². The summed E-state index contributed by atoms with van der Waals surface area (Å²) >= 11 is 0. The molecule has 22 heavy (non-hydrogen) atoms. The topological polar surface area (TPSA) is 12.9 Å². The minimum absolute atomic E-state index is 0.0482. The van der Waals surface area contributed by atoms with Crippen LogP contribution in [0.25, 0.3) is 22.4 Å². The van der Waals surface area contributed by atoms with Crippen molar-refractivity contribution in [2.75, 3.05) is 0 Å². The van der Waals surface area contributed by atoms with E-state index in [-0.39, 0.29) is 5.41 Å². The highest BCUT2D eigenvalue weighted by Gasteiger charge is 2.35. The predicted molar refractivity (Wildman–Crippen MR) is 92.0 cm³/mol. The molecule has 0 bridgehead atoms. The maximum Gasteiger partial charge on any atom is 0.0702 e. The lowest BCUT2D eigenvalue weighted by Gasteiger charge is -2.21. The molecule has 1 heterocycles. The third-order valence-corrected chi connectivity index (χ3v) is 4.79. The van der Waals surface area contributed by atoms with Gasteiger partial charge in [-0.2, -0.15) is 0 Å². The molecule has 0 radical (unpaired) electrons. The third-order valence-electron chi connectivity index (χ3n) is 4.79. The van der Waals surface area contributed by atoms with E-state index >= 15 is 0 Å². The fraction of sp³-hybridized carbons (Fsp3) is 0.190. The molecule has 0 amide bonds. The average molecular weight is 285 g/mol. The van der Waals surface area contributed by atoms with Gasteiger partial charge in [-0.3, -0.25) is 4.98 Å². The summed E-state index contributed by atoms with van der Waals surface area (Å²) in [4.78, 5) is 4.57. The molecule has 0 atom stereocenters. The molecule has 3 aromatic rings. The summed E-state index contributed by atoms with van der Waals surface area (Å²) in [5.74, 6) is 0. The first-order chi connectivity index (χ1) is 10.6. The summed E-state index contributed by atoms with van der Waals surface area (Å²) < 4.78 is 0. The van der Waals surface area contributed by atoms with Crippen molar-refractivity contribution >= 4 is 0 Å². The van der Waals surface area contributed by atoms with E-state index in [4.69, 9.17) is 0 Å². The van der Waals surface area contributed by atoms with Gasteiger partial charge in [0.1, 0.15) is 0 Å². The summed E-state index contributed by atoms with van der Waals surface area (Å²) in [5.41, 5.74) is 9.01. The molecule has 1 heteroatoms. The second kappa shape index (κ2) is 4.54. The highest BCUT2D eigenvalue weighted by atomic mass is 14.7. The summed E-state index contributed by atoms with van der Waals surface area (Å²) in [7, 11) is 0. The Hall–Kier alpha value is -2.41. The highest BCUT2D eigenvalue weighted by molar-refractivity contribution is 5.83. The van der Waals surface area contributed by atoms with Gasteiger partial charge in [0.25, 0.3) is 0 Å². The molecule has 0 saturated carbocycles. The van der Waals surface area contributed by atoms with E-state index < -0.39 is 0 Å². The normalized spacial score (nSPS) is 14.5. The largest absolute Gasteiger partial charge is 0.256 e. The second-order valence-corrected chi connectivity index (χ2v) is 6.65. The molecule has 108 valence electrons. The van der Waals surface area contributed by atoms with Crippen molar-refractivity contribution in [3.05, 3.63) is 77.5 Å². The number of pyridine rings is 1. The van der Waals surface area contributed by atoms with Crippen LogP contribution in [0.15, 0.2) is 60.8 Å². The molecular weight excluding hydrogens is 266 g/mol. The fourth-order valence-corrected chi connectivity index (χ4v) is 3.50. The molecule has 2 aromatic carbocycles. The van der Waals surface area contributed by atoms with Crippen molar-refractivity contribution in [2.45, 2.75) is 26.2 Å². The Balaban J connectivity index is 1.90. The van der Waals surface area contributed by atoms with Crippen LogP contribution in [0.2, 0.25) is 0 Å². The van der Waals surface area contributed by atoms with Crippen molar-refractivity contribution in [1.82, 2.24) is 4.98 Å². The van der Waals surface area contributed by atoms with E-state index in [1.165, 1.54) is 33.4 Å². The van der Waals surface area contributed by atoms with Crippen LogP contribution >= 0.6 is 0 Å². The number of hydrogen-bond donors (Lipinski definition) is 0. The Bertz CT molecular complexity index is 857. The van der Waals surface area contributed by atoms with Crippen LogP contribution in [0.4, 0.5) is 0 Å². The monoisotopic (exact) mass is 285 g/mol. The van der Waals surface area contributed by atoms with Crippen molar-refractivity contribution in [2.24, 2.45) is 0 Å². The van der Waals surface area contributed by atoms with Gasteiger partial charge in [0.15, 0.2) is 0 Å². The van der Waals surface area contributed by atoms with Crippen LogP contribution in [0, 0.1) is 6.92 Å². The second-order valence-electron chi connectivity index (χ2n) is 6.65.